The van der Waals surface area contributed by atoms with E-state index in [1.165, 1.54) is 32.1 Å². The van der Waals surface area contributed by atoms with Gasteiger partial charge < -0.3 is 0 Å². The lowest BCUT2D eigenvalue weighted by Gasteiger charge is -2.51. The van der Waals surface area contributed by atoms with E-state index in [1.54, 1.807) is 6.08 Å². The maximum atomic E-state index is 11.0. The number of hydrogen-bond acceptors (Lipinski definition) is 4. The minimum Gasteiger partial charge on any atom is -0.211 e. The number of aliphatic imine (C=N–C) groups is 2. The lowest BCUT2D eigenvalue weighted by atomic mass is 9.56. The highest BCUT2D eigenvalue weighted by Gasteiger charge is 2.51. The highest BCUT2D eigenvalue weighted by Crippen LogP contribution is 2.53. The number of hydrogen-bond donors (Lipinski definition) is 0. The standard InChI is InChI=1S/C17H26N2O2/c1-16(2,14-6-4-3-5-7-14)17(19-13-21)10-8-15(9-11-17)18-12-20/h14-15H,3-11H2,1-2H3. The summed E-state index contributed by atoms with van der Waals surface area (Å²) in [4.78, 5) is 29.6. The number of carbonyl (C=O) groups excluding carboxylic acids is 2. The Morgan fingerprint density at radius 3 is 2.10 bits per heavy atom. The number of isocyanates is 2. The van der Waals surface area contributed by atoms with Gasteiger partial charge in [-0.05, 0) is 49.9 Å². The van der Waals surface area contributed by atoms with Crippen LogP contribution in [-0.2, 0) is 9.59 Å². The molecule has 4 heteroatoms. The second kappa shape index (κ2) is 6.68. The van der Waals surface area contributed by atoms with Crippen molar-refractivity contribution in [1.29, 1.82) is 0 Å². The first-order chi connectivity index (χ1) is 10.1. The van der Waals surface area contributed by atoms with Gasteiger partial charge >= 0.3 is 0 Å². The van der Waals surface area contributed by atoms with Crippen molar-refractivity contribution in [2.24, 2.45) is 21.3 Å². The van der Waals surface area contributed by atoms with Gasteiger partial charge in [-0.2, -0.15) is 4.99 Å². The van der Waals surface area contributed by atoms with Gasteiger partial charge in [0.2, 0.25) is 12.2 Å². The molecule has 0 aromatic heterocycles. The zero-order valence-corrected chi connectivity index (χ0v) is 13.2. The average Bonchev–Trinajstić information content (AvgIpc) is 2.50. The normalized spacial score (nSPS) is 31.0. The second-order valence-corrected chi connectivity index (χ2v) is 7.24. The Bertz CT molecular complexity index is 445. The van der Waals surface area contributed by atoms with Crippen LogP contribution in [0.3, 0.4) is 0 Å². The molecule has 116 valence electrons. The molecule has 2 aliphatic rings. The summed E-state index contributed by atoms with van der Waals surface area (Å²) in [6.07, 6.45) is 13.1. The maximum Gasteiger partial charge on any atom is 0.235 e. The van der Waals surface area contributed by atoms with Crippen LogP contribution in [0.5, 0.6) is 0 Å². The van der Waals surface area contributed by atoms with E-state index in [2.05, 4.69) is 23.8 Å². The molecule has 0 heterocycles. The molecule has 0 aliphatic heterocycles. The molecule has 0 atom stereocenters. The van der Waals surface area contributed by atoms with Crippen LogP contribution in [0.1, 0.15) is 71.6 Å². The third-order valence-corrected chi connectivity index (χ3v) is 6.10. The average molecular weight is 290 g/mol. The molecule has 0 saturated heterocycles. The van der Waals surface area contributed by atoms with Crippen molar-refractivity contribution in [1.82, 2.24) is 0 Å². The van der Waals surface area contributed by atoms with Crippen LogP contribution in [0.25, 0.3) is 0 Å². The van der Waals surface area contributed by atoms with Crippen molar-refractivity contribution in [3.8, 4) is 0 Å². The summed E-state index contributed by atoms with van der Waals surface area (Å²) in [5.74, 6) is 0.620. The van der Waals surface area contributed by atoms with Crippen molar-refractivity contribution >= 4 is 12.2 Å². The molecule has 2 rings (SSSR count). The highest BCUT2D eigenvalue weighted by atomic mass is 16.1. The second-order valence-electron chi connectivity index (χ2n) is 7.24. The Kier molecular flexibility index (Phi) is 5.13. The highest BCUT2D eigenvalue weighted by molar-refractivity contribution is 5.36. The van der Waals surface area contributed by atoms with Gasteiger partial charge in [-0.15, -0.1) is 0 Å². The summed E-state index contributed by atoms with van der Waals surface area (Å²) < 4.78 is 0. The van der Waals surface area contributed by atoms with Crippen molar-refractivity contribution in [2.75, 3.05) is 0 Å². The molecule has 4 nitrogen and oxygen atoms in total. The molecule has 2 fully saturated rings. The Hall–Kier alpha value is -1.24. The van der Waals surface area contributed by atoms with Crippen molar-refractivity contribution < 1.29 is 9.59 Å². The van der Waals surface area contributed by atoms with Crippen LogP contribution in [0, 0.1) is 11.3 Å². The van der Waals surface area contributed by atoms with Crippen LogP contribution in [0.2, 0.25) is 0 Å². The van der Waals surface area contributed by atoms with Gasteiger partial charge in [-0.3, -0.25) is 0 Å². The first-order valence-corrected chi connectivity index (χ1v) is 8.22. The van der Waals surface area contributed by atoms with Crippen LogP contribution < -0.4 is 0 Å². The SMILES string of the molecule is CC(C)(C1CCCCC1)C1(N=C=O)CCC(N=C=O)CC1. The Morgan fingerprint density at radius 2 is 1.57 bits per heavy atom. The molecule has 0 spiro atoms. The zero-order chi connectivity index (χ0) is 15.3. The molecule has 0 aromatic rings. The summed E-state index contributed by atoms with van der Waals surface area (Å²) in [5, 5.41) is 0. The van der Waals surface area contributed by atoms with E-state index in [0.717, 1.165) is 25.7 Å². The Balaban J connectivity index is 2.21. The molecule has 0 N–H and O–H groups in total. The molecular formula is C17H26N2O2. The van der Waals surface area contributed by atoms with Gasteiger partial charge in [-0.25, -0.2) is 14.6 Å². The van der Waals surface area contributed by atoms with Crippen molar-refractivity contribution in [3.63, 3.8) is 0 Å². The summed E-state index contributed by atoms with van der Waals surface area (Å²) in [6.45, 7) is 4.54. The van der Waals surface area contributed by atoms with E-state index in [-0.39, 0.29) is 17.0 Å². The summed E-state index contributed by atoms with van der Waals surface area (Å²) in [5.41, 5.74) is -0.327. The predicted molar refractivity (Wildman–Crippen MR) is 81.6 cm³/mol. The van der Waals surface area contributed by atoms with E-state index in [1.807, 2.05) is 6.08 Å². The van der Waals surface area contributed by atoms with Gasteiger partial charge in [0.15, 0.2) is 0 Å². The molecule has 0 aromatic carbocycles. The Morgan fingerprint density at radius 1 is 0.952 bits per heavy atom. The lowest BCUT2D eigenvalue weighted by molar-refractivity contribution is 0.0304. The number of rotatable bonds is 4. The maximum absolute atomic E-state index is 11.0. The van der Waals surface area contributed by atoms with E-state index in [0.29, 0.717) is 5.92 Å². The third kappa shape index (κ3) is 3.17. The van der Waals surface area contributed by atoms with Gasteiger partial charge in [0, 0.05) is 0 Å². The zero-order valence-electron chi connectivity index (χ0n) is 13.2. The van der Waals surface area contributed by atoms with Crippen molar-refractivity contribution in [2.45, 2.75) is 83.2 Å². The molecule has 2 saturated carbocycles. The van der Waals surface area contributed by atoms with Crippen LogP contribution in [0.15, 0.2) is 9.98 Å². The molecule has 0 bridgehead atoms. The first-order valence-electron chi connectivity index (χ1n) is 8.22. The quantitative estimate of drug-likeness (QED) is 0.581. The van der Waals surface area contributed by atoms with Gasteiger partial charge in [0.05, 0.1) is 11.6 Å². The van der Waals surface area contributed by atoms with Crippen LogP contribution >= 0.6 is 0 Å². The largest absolute Gasteiger partial charge is 0.235 e. The summed E-state index contributed by atoms with van der Waals surface area (Å²) >= 11 is 0. The monoisotopic (exact) mass is 290 g/mol. The fourth-order valence-corrected chi connectivity index (χ4v) is 4.48. The molecule has 0 radical (unpaired) electrons. The molecular weight excluding hydrogens is 264 g/mol. The predicted octanol–water partition coefficient (Wildman–Crippen LogP) is 3.95. The summed E-state index contributed by atoms with van der Waals surface area (Å²) in [6, 6.07) is 0.0552. The van der Waals surface area contributed by atoms with Crippen molar-refractivity contribution in [3.05, 3.63) is 0 Å². The van der Waals surface area contributed by atoms with Gasteiger partial charge in [0.1, 0.15) is 0 Å². The van der Waals surface area contributed by atoms with E-state index in [4.69, 9.17) is 0 Å². The van der Waals surface area contributed by atoms with Gasteiger partial charge in [-0.1, -0.05) is 33.1 Å². The molecule has 21 heavy (non-hydrogen) atoms. The minimum absolute atomic E-state index is 0.000688. The lowest BCUT2D eigenvalue weighted by Crippen LogP contribution is -2.50. The topological polar surface area (TPSA) is 58.9 Å². The summed E-state index contributed by atoms with van der Waals surface area (Å²) in [7, 11) is 0. The molecule has 0 unspecified atom stereocenters. The molecule has 0 amide bonds. The van der Waals surface area contributed by atoms with E-state index < -0.39 is 0 Å². The van der Waals surface area contributed by atoms with E-state index >= 15 is 0 Å². The van der Waals surface area contributed by atoms with E-state index in [9.17, 15) is 9.59 Å². The Labute approximate surface area is 127 Å². The first kappa shape index (κ1) is 16.1. The fraction of sp³-hybridized carbons (Fsp3) is 0.882. The third-order valence-electron chi connectivity index (χ3n) is 6.10. The molecule has 2 aliphatic carbocycles. The minimum atomic E-state index is -0.328. The van der Waals surface area contributed by atoms with Crippen LogP contribution in [0.4, 0.5) is 0 Å². The number of nitrogens with zero attached hydrogens (tertiary/aromatic N) is 2. The van der Waals surface area contributed by atoms with Crippen LogP contribution in [-0.4, -0.2) is 23.7 Å². The smallest absolute Gasteiger partial charge is 0.211 e. The van der Waals surface area contributed by atoms with Gasteiger partial charge in [0.25, 0.3) is 0 Å². The fourth-order valence-electron chi connectivity index (χ4n) is 4.48.